The largest absolute Gasteiger partial charge is 0.373 e. The first-order valence-corrected chi connectivity index (χ1v) is 11.5. The van der Waals surface area contributed by atoms with Crippen LogP contribution in [-0.4, -0.2) is 85.9 Å². The number of piperazine rings is 1. The molecule has 0 saturated carbocycles. The van der Waals surface area contributed by atoms with Crippen molar-refractivity contribution in [3.05, 3.63) is 22.4 Å². The van der Waals surface area contributed by atoms with E-state index in [0.717, 1.165) is 4.88 Å². The molecule has 0 spiro atoms. The molecule has 2 atom stereocenters. The summed E-state index contributed by atoms with van der Waals surface area (Å²) in [6, 6.07) is 3.95. The van der Waals surface area contributed by atoms with E-state index in [0.29, 0.717) is 52.4 Å². The van der Waals surface area contributed by atoms with Crippen molar-refractivity contribution in [1.82, 2.24) is 18.8 Å². The smallest absolute Gasteiger partial charge is 0.282 e. The molecule has 2 saturated heterocycles. The third-order valence-corrected chi connectivity index (χ3v) is 7.62. The van der Waals surface area contributed by atoms with Gasteiger partial charge in [-0.05, 0) is 25.3 Å². The minimum Gasteiger partial charge on any atom is -0.373 e. The van der Waals surface area contributed by atoms with Gasteiger partial charge in [-0.25, -0.2) is 0 Å². The van der Waals surface area contributed by atoms with E-state index < -0.39 is 10.2 Å². The third kappa shape index (κ3) is 5.49. The van der Waals surface area contributed by atoms with Crippen molar-refractivity contribution < 1.29 is 17.9 Å². The van der Waals surface area contributed by atoms with Crippen molar-refractivity contribution in [3.63, 3.8) is 0 Å². The molecule has 2 aliphatic rings. The minimum absolute atomic E-state index is 0.0319. The van der Waals surface area contributed by atoms with Gasteiger partial charge in [0.15, 0.2) is 0 Å². The van der Waals surface area contributed by atoms with Crippen LogP contribution >= 0.6 is 11.3 Å². The van der Waals surface area contributed by atoms with Gasteiger partial charge in [-0.3, -0.25) is 9.69 Å². The highest BCUT2D eigenvalue weighted by Gasteiger charge is 2.36. The lowest BCUT2D eigenvalue weighted by atomic mass is 10.3. The number of carbonyl (C=O) groups excluding carboxylic acids is 1. The van der Waals surface area contributed by atoms with Crippen molar-refractivity contribution in [2.45, 2.75) is 32.6 Å². The summed E-state index contributed by atoms with van der Waals surface area (Å²) >= 11 is 1.61. The first kappa shape index (κ1) is 20.7. The summed E-state index contributed by atoms with van der Waals surface area (Å²) < 4.78 is 34.5. The van der Waals surface area contributed by atoms with Crippen molar-refractivity contribution in [3.8, 4) is 0 Å². The van der Waals surface area contributed by atoms with Crippen LogP contribution in [0.5, 0.6) is 0 Å². The molecule has 152 valence electrons. The topological polar surface area (TPSA) is 82.2 Å². The van der Waals surface area contributed by atoms with E-state index in [-0.39, 0.29) is 18.1 Å². The maximum absolute atomic E-state index is 12.9. The van der Waals surface area contributed by atoms with Gasteiger partial charge in [-0.2, -0.15) is 17.0 Å². The summed E-state index contributed by atoms with van der Waals surface area (Å²) in [6.07, 6.45) is -0.200. The zero-order chi connectivity index (χ0) is 19.4. The predicted octanol–water partition coefficient (Wildman–Crippen LogP) is 0.336. The molecule has 0 aromatic carbocycles. The van der Waals surface area contributed by atoms with E-state index in [1.165, 1.54) is 8.61 Å². The van der Waals surface area contributed by atoms with Crippen LogP contribution in [0.15, 0.2) is 17.5 Å². The Kier molecular flexibility index (Phi) is 6.88. The number of rotatable bonds is 6. The minimum atomic E-state index is -3.48. The number of nitrogens with one attached hydrogen (secondary N) is 1. The molecule has 1 amide bonds. The van der Waals surface area contributed by atoms with Crippen LogP contribution in [0.2, 0.25) is 0 Å². The first-order chi connectivity index (χ1) is 12.8. The number of morpholine rings is 1. The van der Waals surface area contributed by atoms with Crippen molar-refractivity contribution in [2.24, 2.45) is 0 Å². The average molecular weight is 417 g/mol. The van der Waals surface area contributed by atoms with Crippen LogP contribution in [0.4, 0.5) is 0 Å². The lowest BCUT2D eigenvalue weighted by Gasteiger charge is -2.40. The normalized spacial score (nSPS) is 26.1. The lowest BCUT2D eigenvalue weighted by Crippen LogP contribution is -2.57. The second-order valence-corrected chi connectivity index (χ2v) is 10.1. The molecule has 0 bridgehead atoms. The summed E-state index contributed by atoms with van der Waals surface area (Å²) in [5.74, 6) is -0.0319. The van der Waals surface area contributed by atoms with Crippen LogP contribution in [0.3, 0.4) is 0 Å². The summed E-state index contributed by atoms with van der Waals surface area (Å²) in [4.78, 5) is 15.2. The van der Waals surface area contributed by atoms with Gasteiger partial charge in [0, 0.05) is 44.1 Å². The SMILES string of the molecule is C[C@@H]1CN(S(=O)(=O)N2CCN(CC(=O)NCc3cccs3)CC2)C[C@@H](C)O1. The van der Waals surface area contributed by atoms with Crippen LogP contribution in [0.1, 0.15) is 18.7 Å². The zero-order valence-electron chi connectivity index (χ0n) is 15.8. The van der Waals surface area contributed by atoms with Gasteiger partial charge in [0.05, 0.1) is 25.3 Å². The first-order valence-electron chi connectivity index (χ1n) is 9.26. The fourth-order valence-electron chi connectivity index (χ4n) is 3.46. The van der Waals surface area contributed by atoms with Crippen LogP contribution in [0.25, 0.3) is 0 Å². The molecule has 2 aliphatic heterocycles. The standard InChI is InChI=1S/C17H28N4O4S2/c1-14-11-21(12-15(2)25-14)27(23,24)20-7-5-19(6-8-20)13-17(22)18-10-16-4-3-9-26-16/h3-4,9,14-15H,5-8,10-13H2,1-2H3,(H,18,22)/t14-,15-/m1/s1. The van der Waals surface area contributed by atoms with Gasteiger partial charge < -0.3 is 10.1 Å². The Morgan fingerprint density at radius 2 is 1.85 bits per heavy atom. The molecule has 3 heterocycles. The molecule has 27 heavy (non-hydrogen) atoms. The Morgan fingerprint density at radius 3 is 2.44 bits per heavy atom. The number of hydrogen-bond acceptors (Lipinski definition) is 6. The number of ether oxygens (including phenoxy) is 1. The average Bonchev–Trinajstić information content (AvgIpc) is 3.13. The number of carbonyl (C=O) groups is 1. The Balaban J connectivity index is 1.45. The maximum atomic E-state index is 12.9. The molecule has 1 aromatic heterocycles. The van der Waals surface area contributed by atoms with E-state index >= 15 is 0 Å². The molecular weight excluding hydrogens is 388 g/mol. The zero-order valence-corrected chi connectivity index (χ0v) is 17.5. The van der Waals surface area contributed by atoms with Gasteiger partial charge in [-0.15, -0.1) is 11.3 Å². The molecule has 1 aromatic rings. The highest BCUT2D eigenvalue weighted by molar-refractivity contribution is 7.86. The maximum Gasteiger partial charge on any atom is 0.282 e. The molecule has 0 unspecified atom stereocenters. The van der Waals surface area contributed by atoms with E-state index in [1.54, 1.807) is 11.3 Å². The third-order valence-electron chi connectivity index (χ3n) is 4.78. The molecule has 8 nitrogen and oxygen atoms in total. The van der Waals surface area contributed by atoms with Crippen molar-refractivity contribution >= 4 is 27.5 Å². The summed E-state index contributed by atoms with van der Waals surface area (Å²) in [5, 5.41) is 4.89. The summed E-state index contributed by atoms with van der Waals surface area (Å²) in [5.41, 5.74) is 0. The number of amides is 1. The van der Waals surface area contributed by atoms with E-state index in [2.05, 4.69) is 5.32 Å². The predicted molar refractivity (Wildman–Crippen MR) is 105 cm³/mol. The number of hydrogen-bond donors (Lipinski definition) is 1. The van der Waals surface area contributed by atoms with E-state index in [9.17, 15) is 13.2 Å². The van der Waals surface area contributed by atoms with Gasteiger partial charge >= 0.3 is 0 Å². The van der Waals surface area contributed by atoms with Crippen LogP contribution in [-0.2, 0) is 26.3 Å². The van der Waals surface area contributed by atoms with Gasteiger partial charge in [0.1, 0.15) is 0 Å². The highest BCUT2D eigenvalue weighted by Crippen LogP contribution is 2.18. The quantitative estimate of drug-likeness (QED) is 0.723. The highest BCUT2D eigenvalue weighted by atomic mass is 32.2. The Hall–Kier alpha value is -1.04. The Bertz CT molecular complexity index is 707. The molecule has 0 radical (unpaired) electrons. The molecule has 1 N–H and O–H groups in total. The molecule has 3 rings (SSSR count). The molecule has 2 fully saturated rings. The second kappa shape index (κ2) is 8.97. The fourth-order valence-corrected chi connectivity index (χ4v) is 5.85. The Labute approximate surface area is 165 Å². The van der Waals surface area contributed by atoms with Crippen molar-refractivity contribution in [2.75, 3.05) is 45.8 Å². The second-order valence-electron chi connectivity index (χ2n) is 7.11. The van der Waals surface area contributed by atoms with Gasteiger partial charge in [-0.1, -0.05) is 6.07 Å². The van der Waals surface area contributed by atoms with Gasteiger partial charge in [0.2, 0.25) is 5.91 Å². The Morgan fingerprint density at radius 1 is 1.19 bits per heavy atom. The van der Waals surface area contributed by atoms with Crippen molar-refractivity contribution in [1.29, 1.82) is 0 Å². The van der Waals surface area contributed by atoms with E-state index in [1.807, 2.05) is 36.3 Å². The summed E-state index contributed by atoms with van der Waals surface area (Å²) in [6.45, 7) is 7.32. The monoisotopic (exact) mass is 416 g/mol. The van der Waals surface area contributed by atoms with E-state index in [4.69, 9.17) is 4.74 Å². The number of nitrogens with zero attached hydrogens (tertiary/aromatic N) is 3. The van der Waals surface area contributed by atoms with Crippen LogP contribution < -0.4 is 5.32 Å². The lowest BCUT2D eigenvalue weighted by molar-refractivity contribution is -0.122. The molecular formula is C17H28N4O4S2. The summed E-state index contributed by atoms with van der Waals surface area (Å²) in [7, 11) is -3.48. The number of thiophene rings is 1. The fraction of sp³-hybridized carbons (Fsp3) is 0.706. The van der Waals surface area contributed by atoms with Gasteiger partial charge in [0.25, 0.3) is 10.2 Å². The van der Waals surface area contributed by atoms with Crippen LogP contribution in [0, 0.1) is 0 Å². The molecule has 0 aliphatic carbocycles. The molecule has 10 heteroatoms.